The van der Waals surface area contributed by atoms with Crippen molar-refractivity contribution < 1.29 is 0 Å². The lowest BCUT2D eigenvalue weighted by atomic mass is 10.3. The average Bonchev–Trinajstić information content (AvgIpc) is 2.86. The number of nitrogens with zero attached hydrogens (tertiary/aromatic N) is 2. The lowest BCUT2D eigenvalue weighted by molar-refractivity contribution is 0.681. The van der Waals surface area contributed by atoms with Gasteiger partial charge in [0.15, 0.2) is 0 Å². The minimum atomic E-state index is 0.851. The van der Waals surface area contributed by atoms with Gasteiger partial charge < -0.3 is 9.88 Å². The number of aryl methyl sites for hydroxylation is 2. The van der Waals surface area contributed by atoms with Crippen LogP contribution in [0.15, 0.2) is 23.0 Å². The third-order valence-corrected chi connectivity index (χ3v) is 3.12. The molecule has 0 amide bonds. The molecule has 2 aromatic heterocycles. The van der Waals surface area contributed by atoms with Crippen molar-refractivity contribution in [2.45, 2.75) is 33.4 Å². The van der Waals surface area contributed by atoms with E-state index in [4.69, 9.17) is 0 Å². The van der Waals surface area contributed by atoms with Gasteiger partial charge in [0.25, 0.3) is 0 Å². The topological polar surface area (TPSA) is 29.9 Å². The third kappa shape index (κ3) is 2.64. The zero-order valence-electron chi connectivity index (χ0n) is 9.73. The zero-order chi connectivity index (χ0) is 11.4. The van der Waals surface area contributed by atoms with Crippen molar-refractivity contribution in [3.05, 3.63) is 34.3 Å². The molecule has 0 saturated heterocycles. The highest BCUT2D eigenvalue weighted by atomic mass is 32.1. The van der Waals surface area contributed by atoms with Gasteiger partial charge in [-0.05, 0) is 35.7 Å². The van der Waals surface area contributed by atoms with Gasteiger partial charge in [-0.15, -0.1) is 0 Å². The first-order valence-electron chi connectivity index (χ1n) is 5.58. The Bertz CT molecular complexity index is 431. The molecule has 16 heavy (non-hydrogen) atoms. The Hall–Kier alpha value is -1.29. The molecule has 2 rings (SSSR count). The molecule has 0 aliphatic heterocycles. The smallest absolute Gasteiger partial charge is 0.203 e. The molecule has 86 valence electrons. The molecule has 2 heterocycles. The zero-order valence-corrected chi connectivity index (χ0v) is 10.5. The average molecular weight is 235 g/mol. The number of imidazole rings is 1. The third-order valence-electron chi connectivity index (χ3n) is 2.39. The van der Waals surface area contributed by atoms with Gasteiger partial charge in [0.1, 0.15) is 0 Å². The maximum absolute atomic E-state index is 4.48. The lowest BCUT2D eigenvalue weighted by Crippen LogP contribution is -2.06. The molecule has 0 fully saturated rings. The Morgan fingerprint density at radius 3 is 3.06 bits per heavy atom. The van der Waals surface area contributed by atoms with Crippen LogP contribution in [0.25, 0.3) is 0 Å². The summed E-state index contributed by atoms with van der Waals surface area (Å²) in [5, 5.41) is 7.64. The summed E-state index contributed by atoms with van der Waals surface area (Å²) in [6.07, 6.45) is 3.22. The standard InChI is InChI=1S/C12H17N3S/c1-3-5-15-8-10(2)14-12(15)13-7-11-4-6-16-9-11/h4,6,8-9H,3,5,7H2,1-2H3,(H,13,14). The van der Waals surface area contributed by atoms with Crippen molar-refractivity contribution in [1.82, 2.24) is 9.55 Å². The summed E-state index contributed by atoms with van der Waals surface area (Å²) >= 11 is 1.73. The van der Waals surface area contributed by atoms with Crippen LogP contribution in [0.1, 0.15) is 24.6 Å². The predicted octanol–water partition coefficient (Wildman–Crippen LogP) is 3.28. The molecule has 0 saturated carbocycles. The molecule has 0 atom stereocenters. The molecule has 0 aliphatic carbocycles. The number of hydrogen-bond donors (Lipinski definition) is 1. The largest absolute Gasteiger partial charge is 0.352 e. The summed E-state index contributed by atoms with van der Waals surface area (Å²) in [4.78, 5) is 4.48. The maximum atomic E-state index is 4.48. The number of anilines is 1. The van der Waals surface area contributed by atoms with Crippen molar-refractivity contribution in [3.8, 4) is 0 Å². The summed E-state index contributed by atoms with van der Waals surface area (Å²) in [5.41, 5.74) is 2.38. The second-order valence-corrected chi connectivity index (χ2v) is 4.66. The molecule has 0 unspecified atom stereocenters. The predicted molar refractivity (Wildman–Crippen MR) is 68.9 cm³/mol. The van der Waals surface area contributed by atoms with Crippen molar-refractivity contribution in [2.75, 3.05) is 5.32 Å². The summed E-state index contributed by atoms with van der Waals surface area (Å²) in [6, 6.07) is 2.14. The number of nitrogens with one attached hydrogen (secondary N) is 1. The highest BCUT2D eigenvalue weighted by molar-refractivity contribution is 7.07. The molecule has 3 nitrogen and oxygen atoms in total. The van der Waals surface area contributed by atoms with Crippen LogP contribution in [0.2, 0.25) is 0 Å². The van der Waals surface area contributed by atoms with Gasteiger partial charge in [0.05, 0.1) is 5.69 Å². The van der Waals surface area contributed by atoms with Crippen LogP contribution in [-0.2, 0) is 13.1 Å². The second-order valence-electron chi connectivity index (χ2n) is 3.88. The first kappa shape index (κ1) is 11.2. The van der Waals surface area contributed by atoms with Crippen LogP contribution >= 0.6 is 11.3 Å². The highest BCUT2D eigenvalue weighted by Gasteiger charge is 2.04. The number of aromatic nitrogens is 2. The van der Waals surface area contributed by atoms with Crippen molar-refractivity contribution in [3.63, 3.8) is 0 Å². The SMILES string of the molecule is CCCn1cc(C)nc1NCc1ccsc1. The van der Waals surface area contributed by atoms with Crippen LogP contribution < -0.4 is 5.32 Å². The Morgan fingerprint density at radius 2 is 2.38 bits per heavy atom. The van der Waals surface area contributed by atoms with Crippen molar-refractivity contribution >= 4 is 17.3 Å². The Balaban J connectivity index is 2.02. The Morgan fingerprint density at radius 1 is 1.50 bits per heavy atom. The fourth-order valence-electron chi connectivity index (χ4n) is 1.67. The summed E-state index contributed by atoms with van der Waals surface area (Å²) in [6.45, 7) is 6.08. The van der Waals surface area contributed by atoms with Gasteiger partial charge in [-0.1, -0.05) is 6.92 Å². The van der Waals surface area contributed by atoms with Gasteiger partial charge in [0.2, 0.25) is 5.95 Å². The molecule has 0 spiro atoms. The van der Waals surface area contributed by atoms with E-state index in [0.717, 1.165) is 31.2 Å². The quantitative estimate of drug-likeness (QED) is 0.862. The monoisotopic (exact) mass is 235 g/mol. The molecule has 0 radical (unpaired) electrons. The van der Waals surface area contributed by atoms with E-state index >= 15 is 0 Å². The molecule has 0 aliphatic rings. The highest BCUT2D eigenvalue weighted by Crippen LogP contribution is 2.12. The number of rotatable bonds is 5. The number of thiophene rings is 1. The van der Waals surface area contributed by atoms with E-state index in [9.17, 15) is 0 Å². The van der Waals surface area contributed by atoms with E-state index in [-0.39, 0.29) is 0 Å². The lowest BCUT2D eigenvalue weighted by Gasteiger charge is -2.07. The summed E-state index contributed by atoms with van der Waals surface area (Å²) in [5.74, 6) is 0.977. The molecular weight excluding hydrogens is 218 g/mol. The molecule has 1 N–H and O–H groups in total. The van der Waals surface area contributed by atoms with E-state index in [2.05, 4.69) is 44.8 Å². The van der Waals surface area contributed by atoms with Gasteiger partial charge >= 0.3 is 0 Å². The second kappa shape index (κ2) is 5.16. The van der Waals surface area contributed by atoms with E-state index in [1.54, 1.807) is 11.3 Å². The van der Waals surface area contributed by atoms with Crippen LogP contribution in [0, 0.1) is 6.92 Å². The van der Waals surface area contributed by atoms with E-state index in [1.165, 1.54) is 5.56 Å². The molecular formula is C12H17N3S. The van der Waals surface area contributed by atoms with Gasteiger partial charge in [-0.3, -0.25) is 0 Å². The van der Waals surface area contributed by atoms with Gasteiger partial charge in [-0.25, -0.2) is 4.98 Å². The fourth-order valence-corrected chi connectivity index (χ4v) is 2.34. The Labute approximate surface area is 100 Å². The van der Waals surface area contributed by atoms with Gasteiger partial charge in [-0.2, -0.15) is 11.3 Å². The molecule has 2 aromatic rings. The normalized spacial score (nSPS) is 10.6. The van der Waals surface area contributed by atoms with E-state index in [0.29, 0.717) is 0 Å². The molecule has 4 heteroatoms. The molecule has 0 bridgehead atoms. The minimum Gasteiger partial charge on any atom is -0.352 e. The van der Waals surface area contributed by atoms with Crippen LogP contribution in [0.3, 0.4) is 0 Å². The first-order valence-corrected chi connectivity index (χ1v) is 6.52. The fraction of sp³-hybridized carbons (Fsp3) is 0.417. The van der Waals surface area contributed by atoms with E-state index < -0.39 is 0 Å². The van der Waals surface area contributed by atoms with Crippen molar-refractivity contribution in [1.29, 1.82) is 0 Å². The first-order chi connectivity index (χ1) is 7.79. The number of hydrogen-bond acceptors (Lipinski definition) is 3. The minimum absolute atomic E-state index is 0.851. The van der Waals surface area contributed by atoms with Crippen LogP contribution in [0.5, 0.6) is 0 Å². The van der Waals surface area contributed by atoms with E-state index in [1.807, 2.05) is 6.92 Å². The van der Waals surface area contributed by atoms with Gasteiger partial charge in [0, 0.05) is 19.3 Å². The molecule has 0 aromatic carbocycles. The van der Waals surface area contributed by atoms with Crippen molar-refractivity contribution in [2.24, 2.45) is 0 Å². The summed E-state index contributed by atoms with van der Waals surface area (Å²) < 4.78 is 2.18. The maximum Gasteiger partial charge on any atom is 0.203 e. The Kier molecular flexibility index (Phi) is 3.62. The van der Waals surface area contributed by atoms with Crippen LogP contribution in [-0.4, -0.2) is 9.55 Å². The summed E-state index contributed by atoms with van der Waals surface area (Å²) in [7, 11) is 0. The van der Waals surface area contributed by atoms with Crippen LogP contribution in [0.4, 0.5) is 5.95 Å².